The maximum Gasteiger partial charge on any atom is 0.435 e. The van der Waals surface area contributed by atoms with Crippen LogP contribution in [0.3, 0.4) is 0 Å². The van der Waals surface area contributed by atoms with Gasteiger partial charge in [0.2, 0.25) is 11.7 Å². The molecule has 0 aromatic heterocycles. The summed E-state index contributed by atoms with van der Waals surface area (Å²) in [5.41, 5.74) is 6.62. The standard InChI is InChI=1S/C20H30N3O3P/c1-14(2)12-17(20(25)27(26)18-10-6-7-11-22-18)23-19(24)16(21)13-15-8-4-3-5-9-15/h3-5,8-9,14,16-18,22H,6-7,10-13,21H2,1-2H3/p+1/t16-,17-,18-/m0/s1. The molecule has 1 aliphatic rings. The van der Waals surface area contributed by atoms with Gasteiger partial charge in [-0.25, -0.2) is 4.79 Å². The summed E-state index contributed by atoms with van der Waals surface area (Å²) in [5.74, 6) is -0.476. The molecule has 1 unspecified atom stereocenters. The molecule has 1 heterocycles. The van der Waals surface area contributed by atoms with Gasteiger partial charge in [0.25, 0.3) is 0 Å². The first kappa shape index (κ1) is 21.7. The van der Waals surface area contributed by atoms with Crippen molar-refractivity contribution in [2.24, 2.45) is 11.7 Å². The highest BCUT2D eigenvalue weighted by Crippen LogP contribution is 2.34. The van der Waals surface area contributed by atoms with Crippen LogP contribution in [0, 0.1) is 5.92 Å². The summed E-state index contributed by atoms with van der Waals surface area (Å²) in [7, 11) is -2.08. The van der Waals surface area contributed by atoms with Crippen LogP contribution in [0.25, 0.3) is 0 Å². The second kappa shape index (κ2) is 10.6. The van der Waals surface area contributed by atoms with Gasteiger partial charge in [-0.05, 0) is 43.7 Å². The molecular formula is C20H31N3O3P+. The Hall–Kier alpha value is -1.62. The van der Waals surface area contributed by atoms with E-state index in [1.807, 2.05) is 44.2 Å². The van der Waals surface area contributed by atoms with Gasteiger partial charge in [-0.15, -0.1) is 0 Å². The van der Waals surface area contributed by atoms with Crippen LogP contribution in [-0.4, -0.2) is 35.8 Å². The monoisotopic (exact) mass is 392 g/mol. The number of nitrogens with two attached hydrogens (primary N) is 1. The normalized spacial score (nSPS) is 20.0. The lowest BCUT2D eigenvalue weighted by Crippen LogP contribution is -2.49. The number of nitrogens with one attached hydrogen (secondary N) is 2. The van der Waals surface area contributed by atoms with E-state index in [2.05, 4.69) is 10.6 Å². The molecule has 1 aromatic carbocycles. The van der Waals surface area contributed by atoms with Crippen molar-refractivity contribution in [2.75, 3.05) is 6.54 Å². The number of amides is 1. The summed E-state index contributed by atoms with van der Waals surface area (Å²) in [4.78, 5) is 25.4. The van der Waals surface area contributed by atoms with Crippen molar-refractivity contribution >= 4 is 19.2 Å². The third-order valence-electron chi connectivity index (χ3n) is 4.74. The molecule has 148 valence electrons. The van der Waals surface area contributed by atoms with E-state index in [9.17, 15) is 14.2 Å². The molecule has 1 aliphatic heterocycles. The molecular weight excluding hydrogens is 361 g/mol. The SMILES string of the molecule is CC(C)C[C@H](NC(=O)[C@@H](N)Cc1ccccc1)C(=O)[P+](=O)[C@H]1CCCCN1. The summed E-state index contributed by atoms with van der Waals surface area (Å²) in [6.07, 6.45) is 3.59. The van der Waals surface area contributed by atoms with Gasteiger partial charge in [0.15, 0.2) is 0 Å². The Morgan fingerprint density at radius 3 is 2.56 bits per heavy atom. The van der Waals surface area contributed by atoms with Gasteiger partial charge in [-0.3, -0.25) is 10.1 Å². The van der Waals surface area contributed by atoms with Crippen molar-refractivity contribution in [2.45, 2.75) is 63.8 Å². The van der Waals surface area contributed by atoms with Gasteiger partial charge < -0.3 is 11.1 Å². The van der Waals surface area contributed by atoms with Crippen LogP contribution in [0.2, 0.25) is 0 Å². The molecule has 2 rings (SSSR count). The minimum atomic E-state index is -2.08. The number of piperidine rings is 1. The third-order valence-corrected chi connectivity index (χ3v) is 6.49. The average Bonchev–Trinajstić information content (AvgIpc) is 2.67. The fourth-order valence-electron chi connectivity index (χ4n) is 3.27. The van der Waals surface area contributed by atoms with E-state index < -0.39 is 19.9 Å². The molecule has 7 heteroatoms. The van der Waals surface area contributed by atoms with Crippen molar-refractivity contribution < 1.29 is 14.2 Å². The average molecular weight is 392 g/mol. The maximum atomic E-state index is 12.8. The summed E-state index contributed by atoms with van der Waals surface area (Å²) in [6, 6.07) is 8.01. The smallest absolute Gasteiger partial charge is 0.341 e. The van der Waals surface area contributed by atoms with Crippen LogP contribution < -0.4 is 16.4 Å². The number of carbonyl (C=O) groups is 2. The number of carbonyl (C=O) groups excluding carboxylic acids is 2. The van der Waals surface area contributed by atoms with Crippen LogP contribution in [0.5, 0.6) is 0 Å². The zero-order valence-corrected chi connectivity index (χ0v) is 17.1. The van der Waals surface area contributed by atoms with Gasteiger partial charge >= 0.3 is 13.3 Å². The van der Waals surface area contributed by atoms with Crippen LogP contribution >= 0.6 is 7.80 Å². The number of hydrogen-bond donors (Lipinski definition) is 3. The van der Waals surface area contributed by atoms with Gasteiger partial charge in [-0.2, -0.15) is 0 Å². The quantitative estimate of drug-likeness (QED) is 0.561. The Morgan fingerprint density at radius 2 is 1.96 bits per heavy atom. The highest BCUT2D eigenvalue weighted by atomic mass is 31.1. The van der Waals surface area contributed by atoms with E-state index >= 15 is 0 Å². The van der Waals surface area contributed by atoms with Crippen molar-refractivity contribution in [3.8, 4) is 0 Å². The topological polar surface area (TPSA) is 101 Å². The molecule has 1 saturated heterocycles. The highest BCUT2D eigenvalue weighted by Gasteiger charge is 2.44. The Labute approximate surface area is 162 Å². The molecule has 0 bridgehead atoms. The fraction of sp³-hybridized carbons (Fsp3) is 0.600. The van der Waals surface area contributed by atoms with Crippen molar-refractivity contribution in [1.82, 2.24) is 10.6 Å². The number of benzene rings is 1. The van der Waals surface area contributed by atoms with Crippen LogP contribution in [0.4, 0.5) is 0 Å². The zero-order chi connectivity index (χ0) is 19.8. The molecule has 0 saturated carbocycles. The van der Waals surface area contributed by atoms with Gasteiger partial charge in [0.1, 0.15) is 6.04 Å². The highest BCUT2D eigenvalue weighted by molar-refractivity contribution is 7.64. The molecule has 0 radical (unpaired) electrons. The largest absolute Gasteiger partial charge is 0.435 e. The van der Waals surface area contributed by atoms with Gasteiger partial charge in [0.05, 0.1) is 6.04 Å². The van der Waals surface area contributed by atoms with Crippen molar-refractivity contribution in [3.63, 3.8) is 0 Å². The molecule has 0 aliphatic carbocycles. The first-order valence-corrected chi connectivity index (χ1v) is 11.0. The predicted octanol–water partition coefficient (Wildman–Crippen LogP) is 2.54. The maximum absolute atomic E-state index is 12.8. The lowest BCUT2D eigenvalue weighted by Gasteiger charge is -2.20. The Balaban J connectivity index is 2.00. The second-order valence-electron chi connectivity index (χ2n) is 7.62. The second-order valence-corrected chi connectivity index (χ2v) is 9.33. The Bertz CT molecular complexity index is 645. The minimum Gasteiger partial charge on any atom is -0.341 e. The van der Waals surface area contributed by atoms with E-state index in [-0.39, 0.29) is 23.1 Å². The van der Waals surface area contributed by atoms with E-state index in [0.717, 1.165) is 31.4 Å². The lowest BCUT2D eigenvalue weighted by molar-refractivity contribution is -0.126. The van der Waals surface area contributed by atoms with Crippen molar-refractivity contribution in [3.05, 3.63) is 35.9 Å². The fourth-order valence-corrected chi connectivity index (χ4v) is 4.77. The van der Waals surface area contributed by atoms with E-state index in [4.69, 9.17) is 5.73 Å². The molecule has 4 atom stereocenters. The summed E-state index contributed by atoms with van der Waals surface area (Å²) < 4.78 is 12.7. The molecule has 1 amide bonds. The van der Waals surface area contributed by atoms with Crippen molar-refractivity contribution in [1.29, 1.82) is 0 Å². The third kappa shape index (κ3) is 6.80. The molecule has 4 N–H and O–H groups in total. The lowest BCUT2D eigenvalue weighted by atomic mass is 10.0. The zero-order valence-electron chi connectivity index (χ0n) is 16.2. The number of hydrogen-bond acceptors (Lipinski definition) is 5. The molecule has 27 heavy (non-hydrogen) atoms. The van der Waals surface area contributed by atoms with Gasteiger partial charge in [-0.1, -0.05) is 48.7 Å². The van der Waals surface area contributed by atoms with Crippen LogP contribution in [0.1, 0.15) is 45.1 Å². The summed E-state index contributed by atoms with van der Waals surface area (Å²) >= 11 is 0. The Kier molecular flexibility index (Phi) is 8.55. The van der Waals surface area contributed by atoms with E-state index in [1.54, 1.807) is 0 Å². The minimum absolute atomic E-state index is 0.187. The van der Waals surface area contributed by atoms with E-state index in [0.29, 0.717) is 12.8 Å². The predicted molar refractivity (Wildman–Crippen MR) is 108 cm³/mol. The van der Waals surface area contributed by atoms with Crippen LogP contribution in [0.15, 0.2) is 30.3 Å². The Morgan fingerprint density at radius 1 is 1.26 bits per heavy atom. The summed E-state index contributed by atoms with van der Waals surface area (Å²) in [5, 5.41) is 5.94. The van der Waals surface area contributed by atoms with Gasteiger partial charge in [0, 0.05) is 6.42 Å². The molecule has 1 fully saturated rings. The van der Waals surface area contributed by atoms with E-state index in [1.165, 1.54) is 0 Å². The van der Waals surface area contributed by atoms with Crippen LogP contribution in [-0.2, 0) is 20.6 Å². The molecule has 6 nitrogen and oxygen atoms in total. The molecule has 1 aromatic rings. The number of rotatable bonds is 9. The first-order chi connectivity index (χ1) is 12.9. The molecule has 0 spiro atoms. The first-order valence-electron chi connectivity index (χ1n) is 9.72. The summed E-state index contributed by atoms with van der Waals surface area (Å²) in [6.45, 7) is 4.73.